The highest BCUT2D eigenvalue weighted by Gasteiger charge is 2.33. The average Bonchev–Trinajstić information content (AvgIpc) is 2.72. The first-order valence-corrected chi connectivity index (χ1v) is 5.67. The summed E-state index contributed by atoms with van der Waals surface area (Å²) in [7, 11) is 0. The molecule has 2 atom stereocenters. The molecule has 0 aromatic rings. The van der Waals surface area contributed by atoms with Gasteiger partial charge >= 0.3 is 6.18 Å². The van der Waals surface area contributed by atoms with E-state index in [2.05, 4.69) is 10.5 Å². The van der Waals surface area contributed by atoms with E-state index in [4.69, 9.17) is 10.9 Å². The Balaban J connectivity index is 2.44. The number of alkyl halides is 3. The largest absolute Gasteiger partial charge is 0.409 e. The van der Waals surface area contributed by atoms with Crippen LogP contribution in [0.1, 0.15) is 32.1 Å². The van der Waals surface area contributed by atoms with Crippen molar-refractivity contribution < 1.29 is 23.2 Å². The van der Waals surface area contributed by atoms with Crippen LogP contribution < -0.4 is 11.1 Å². The van der Waals surface area contributed by atoms with Crippen LogP contribution in [0, 0.1) is 5.92 Å². The molecule has 1 saturated carbocycles. The third kappa shape index (κ3) is 4.42. The molecule has 18 heavy (non-hydrogen) atoms. The van der Waals surface area contributed by atoms with Crippen LogP contribution in [-0.4, -0.2) is 29.2 Å². The molecule has 4 N–H and O–H groups in total. The molecule has 104 valence electrons. The normalized spacial score (nSPS) is 25.2. The van der Waals surface area contributed by atoms with Crippen molar-refractivity contribution in [3.8, 4) is 0 Å². The minimum absolute atomic E-state index is 0.00798. The lowest BCUT2D eigenvalue weighted by Gasteiger charge is -2.20. The lowest BCUT2D eigenvalue weighted by Crippen LogP contribution is -2.42. The van der Waals surface area contributed by atoms with Crippen molar-refractivity contribution in [2.75, 3.05) is 0 Å². The van der Waals surface area contributed by atoms with Crippen LogP contribution >= 0.6 is 0 Å². The number of nitrogens with two attached hydrogens (primary N) is 1. The van der Waals surface area contributed by atoms with Gasteiger partial charge in [0.15, 0.2) is 0 Å². The van der Waals surface area contributed by atoms with E-state index in [-0.39, 0.29) is 17.8 Å². The zero-order valence-electron chi connectivity index (χ0n) is 9.70. The van der Waals surface area contributed by atoms with Crippen LogP contribution in [0.3, 0.4) is 0 Å². The molecule has 0 aromatic heterocycles. The van der Waals surface area contributed by atoms with Crippen molar-refractivity contribution >= 4 is 11.7 Å². The zero-order valence-corrected chi connectivity index (χ0v) is 9.70. The first kappa shape index (κ1) is 14.6. The average molecular weight is 267 g/mol. The summed E-state index contributed by atoms with van der Waals surface area (Å²) in [5.74, 6) is -0.951. The van der Waals surface area contributed by atoms with Crippen molar-refractivity contribution in [2.45, 2.75) is 44.3 Å². The number of hydrogen-bond acceptors (Lipinski definition) is 3. The SMILES string of the molecule is NC(=NO)C1CCCC1NC(=O)CCC(F)(F)F. The Bertz CT molecular complexity index is 331. The topological polar surface area (TPSA) is 87.7 Å². The van der Waals surface area contributed by atoms with E-state index in [1.807, 2.05) is 0 Å². The van der Waals surface area contributed by atoms with Gasteiger partial charge in [0.25, 0.3) is 0 Å². The molecular weight excluding hydrogens is 251 g/mol. The van der Waals surface area contributed by atoms with Gasteiger partial charge in [-0.25, -0.2) is 0 Å². The van der Waals surface area contributed by atoms with Crippen molar-refractivity contribution in [1.82, 2.24) is 5.32 Å². The van der Waals surface area contributed by atoms with E-state index in [1.165, 1.54) is 0 Å². The van der Waals surface area contributed by atoms with E-state index in [0.29, 0.717) is 12.8 Å². The summed E-state index contributed by atoms with van der Waals surface area (Å²) in [5.41, 5.74) is 5.46. The van der Waals surface area contributed by atoms with Gasteiger partial charge in [-0.2, -0.15) is 13.2 Å². The number of carbonyl (C=O) groups excluding carboxylic acids is 1. The number of halogens is 3. The summed E-state index contributed by atoms with van der Waals surface area (Å²) in [6, 6.07) is -0.346. The third-order valence-electron chi connectivity index (χ3n) is 2.99. The first-order chi connectivity index (χ1) is 8.33. The standard InChI is InChI=1S/C10H16F3N3O2/c11-10(12,13)5-4-8(17)15-7-3-1-2-6(7)9(14)16-18/h6-7,18H,1-5H2,(H2,14,16)(H,15,17). The van der Waals surface area contributed by atoms with Gasteiger partial charge in [0, 0.05) is 18.4 Å². The van der Waals surface area contributed by atoms with Crippen LogP contribution in [0.15, 0.2) is 5.16 Å². The molecule has 0 aromatic carbocycles. The number of oxime groups is 1. The molecule has 1 aliphatic rings. The Kier molecular flexibility index (Phi) is 4.80. The summed E-state index contributed by atoms with van der Waals surface area (Å²) in [4.78, 5) is 11.3. The predicted octanol–water partition coefficient (Wildman–Crippen LogP) is 1.36. The van der Waals surface area contributed by atoms with Crippen LogP contribution in [-0.2, 0) is 4.79 Å². The quantitative estimate of drug-likeness (QED) is 0.311. The fraction of sp³-hybridized carbons (Fsp3) is 0.800. The molecule has 1 fully saturated rings. The summed E-state index contributed by atoms with van der Waals surface area (Å²) in [5, 5.41) is 13.9. The molecule has 0 aliphatic heterocycles. The molecular formula is C10H16F3N3O2. The van der Waals surface area contributed by atoms with Gasteiger partial charge in [0.2, 0.25) is 5.91 Å². The number of rotatable bonds is 4. The Morgan fingerprint density at radius 3 is 2.67 bits per heavy atom. The molecule has 0 saturated heterocycles. The second-order valence-electron chi connectivity index (χ2n) is 4.35. The van der Waals surface area contributed by atoms with Gasteiger partial charge in [0.05, 0.1) is 6.42 Å². The maximum atomic E-state index is 11.9. The molecule has 0 spiro atoms. The molecule has 0 heterocycles. The van der Waals surface area contributed by atoms with Gasteiger partial charge in [-0.3, -0.25) is 4.79 Å². The highest BCUT2D eigenvalue weighted by molar-refractivity contribution is 5.84. The van der Waals surface area contributed by atoms with Crippen LogP contribution in [0.5, 0.6) is 0 Å². The second kappa shape index (κ2) is 5.92. The van der Waals surface area contributed by atoms with Crippen molar-refractivity contribution in [1.29, 1.82) is 0 Å². The van der Waals surface area contributed by atoms with Gasteiger partial charge in [0.1, 0.15) is 5.84 Å². The Labute approximate surface area is 102 Å². The molecule has 1 rings (SSSR count). The Morgan fingerprint density at radius 2 is 2.11 bits per heavy atom. The van der Waals surface area contributed by atoms with Crippen molar-refractivity contribution in [3.63, 3.8) is 0 Å². The van der Waals surface area contributed by atoms with Crippen molar-refractivity contribution in [3.05, 3.63) is 0 Å². The summed E-state index contributed by atoms with van der Waals surface area (Å²) >= 11 is 0. The van der Waals surface area contributed by atoms with Gasteiger partial charge in [-0.1, -0.05) is 11.6 Å². The number of amides is 1. The van der Waals surface area contributed by atoms with E-state index in [0.717, 1.165) is 6.42 Å². The molecule has 0 radical (unpaired) electrons. The summed E-state index contributed by atoms with van der Waals surface area (Å²) < 4.78 is 35.8. The van der Waals surface area contributed by atoms with E-state index >= 15 is 0 Å². The minimum atomic E-state index is -4.34. The smallest absolute Gasteiger partial charge is 0.389 e. The Morgan fingerprint density at radius 1 is 1.44 bits per heavy atom. The third-order valence-corrected chi connectivity index (χ3v) is 2.99. The lowest BCUT2D eigenvalue weighted by molar-refractivity contribution is -0.144. The number of hydrogen-bond donors (Lipinski definition) is 3. The van der Waals surface area contributed by atoms with Gasteiger partial charge < -0.3 is 16.3 Å². The predicted molar refractivity (Wildman–Crippen MR) is 58.0 cm³/mol. The Hall–Kier alpha value is -1.47. The molecule has 1 aliphatic carbocycles. The van der Waals surface area contributed by atoms with E-state index in [9.17, 15) is 18.0 Å². The number of carbonyl (C=O) groups is 1. The minimum Gasteiger partial charge on any atom is -0.409 e. The monoisotopic (exact) mass is 267 g/mol. The van der Waals surface area contributed by atoms with Crippen LogP contribution in [0.25, 0.3) is 0 Å². The maximum Gasteiger partial charge on any atom is 0.389 e. The zero-order chi connectivity index (χ0) is 13.8. The first-order valence-electron chi connectivity index (χ1n) is 5.67. The van der Waals surface area contributed by atoms with Crippen molar-refractivity contribution in [2.24, 2.45) is 16.8 Å². The molecule has 2 unspecified atom stereocenters. The van der Waals surface area contributed by atoms with Gasteiger partial charge in [-0.05, 0) is 12.8 Å². The van der Waals surface area contributed by atoms with E-state index in [1.54, 1.807) is 0 Å². The maximum absolute atomic E-state index is 11.9. The molecule has 0 bridgehead atoms. The fourth-order valence-electron chi connectivity index (χ4n) is 2.10. The number of amidine groups is 1. The highest BCUT2D eigenvalue weighted by Crippen LogP contribution is 2.26. The lowest BCUT2D eigenvalue weighted by atomic mass is 10.0. The summed E-state index contributed by atoms with van der Waals surface area (Å²) in [6.07, 6.45) is -4.01. The number of nitrogens with zero attached hydrogens (tertiary/aromatic N) is 1. The van der Waals surface area contributed by atoms with E-state index < -0.39 is 24.9 Å². The van der Waals surface area contributed by atoms with Gasteiger partial charge in [-0.15, -0.1) is 0 Å². The fourth-order valence-corrected chi connectivity index (χ4v) is 2.10. The molecule has 1 amide bonds. The molecule has 8 heteroatoms. The summed E-state index contributed by atoms with van der Waals surface area (Å²) in [6.45, 7) is 0. The second-order valence-corrected chi connectivity index (χ2v) is 4.35. The highest BCUT2D eigenvalue weighted by atomic mass is 19.4. The van der Waals surface area contributed by atoms with Crippen LogP contribution in [0.4, 0.5) is 13.2 Å². The number of nitrogens with one attached hydrogen (secondary N) is 1. The van der Waals surface area contributed by atoms with Crippen LogP contribution in [0.2, 0.25) is 0 Å². The molecule has 5 nitrogen and oxygen atoms in total.